The molecule has 1 aromatic heterocycles. The number of H-pyrrole nitrogens is 1. The molecule has 1 N–H and O–H groups in total. The van der Waals surface area contributed by atoms with Crippen LogP contribution in [0.4, 0.5) is 0 Å². The van der Waals surface area contributed by atoms with Gasteiger partial charge in [0.05, 0.1) is 17.5 Å². The second-order valence-electron chi connectivity index (χ2n) is 7.42. The Balaban J connectivity index is 1.44. The van der Waals surface area contributed by atoms with Gasteiger partial charge >= 0.3 is 0 Å². The van der Waals surface area contributed by atoms with Crippen molar-refractivity contribution >= 4 is 15.7 Å². The third-order valence-electron chi connectivity index (χ3n) is 5.46. The van der Waals surface area contributed by atoms with Gasteiger partial charge in [0.1, 0.15) is 5.76 Å². The van der Waals surface area contributed by atoms with Crippen LogP contribution in [0.5, 0.6) is 0 Å². The van der Waals surface area contributed by atoms with E-state index in [9.17, 15) is 18.0 Å². The van der Waals surface area contributed by atoms with Gasteiger partial charge in [-0.2, -0.15) is 5.16 Å². The van der Waals surface area contributed by atoms with E-state index in [2.05, 4.69) is 10.1 Å². The van der Waals surface area contributed by atoms with Crippen molar-refractivity contribution in [2.45, 2.75) is 37.8 Å². The molecule has 138 valence electrons. The SMILES string of the molecule is O=C(CCc1cc(=O)[nH]o1)N1CCN(CC2CC2)[C@@H]2CS(=O)(=O)C[C@@H]21. The first-order chi connectivity index (χ1) is 11.9. The topological polar surface area (TPSA) is 104 Å². The molecular formula is C16H23N3O5S. The van der Waals surface area contributed by atoms with Crippen LogP contribution >= 0.6 is 0 Å². The molecule has 2 aliphatic heterocycles. The lowest BCUT2D eigenvalue weighted by molar-refractivity contribution is -0.137. The van der Waals surface area contributed by atoms with Crippen LogP contribution in [0.2, 0.25) is 0 Å². The summed E-state index contributed by atoms with van der Waals surface area (Å²) in [5, 5.41) is 2.21. The van der Waals surface area contributed by atoms with Crippen LogP contribution in [0.15, 0.2) is 15.4 Å². The molecule has 9 heteroatoms. The lowest BCUT2D eigenvalue weighted by Gasteiger charge is -2.44. The summed E-state index contributed by atoms with van der Waals surface area (Å²) in [6.45, 7) is 2.25. The number of piperazine rings is 1. The van der Waals surface area contributed by atoms with Gasteiger partial charge in [-0.05, 0) is 18.8 Å². The maximum atomic E-state index is 12.7. The van der Waals surface area contributed by atoms with E-state index in [0.717, 1.165) is 13.1 Å². The molecule has 0 bridgehead atoms. The highest BCUT2D eigenvalue weighted by atomic mass is 32.2. The van der Waals surface area contributed by atoms with Gasteiger partial charge in [-0.1, -0.05) is 0 Å². The molecule has 0 unspecified atom stereocenters. The minimum atomic E-state index is -3.11. The van der Waals surface area contributed by atoms with Gasteiger partial charge in [-0.25, -0.2) is 8.42 Å². The van der Waals surface area contributed by atoms with Gasteiger partial charge in [0, 0.05) is 44.6 Å². The van der Waals surface area contributed by atoms with E-state index in [-0.39, 0.29) is 41.5 Å². The number of nitrogens with one attached hydrogen (secondary N) is 1. The number of sulfone groups is 1. The first kappa shape index (κ1) is 16.8. The molecule has 1 aromatic rings. The first-order valence-electron chi connectivity index (χ1n) is 8.82. The average molecular weight is 369 g/mol. The largest absolute Gasteiger partial charge is 0.384 e. The van der Waals surface area contributed by atoms with Gasteiger partial charge in [-0.15, -0.1) is 0 Å². The molecule has 0 spiro atoms. The maximum absolute atomic E-state index is 12.7. The van der Waals surface area contributed by atoms with E-state index in [1.54, 1.807) is 4.90 Å². The summed E-state index contributed by atoms with van der Waals surface area (Å²) >= 11 is 0. The molecule has 3 aliphatic rings. The quantitative estimate of drug-likeness (QED) is 0.759. The third-order valence-corrected chi connectivity index (χ3v) is 7.16. The number of hydrogen-bond acceptors (Lipinski definition) is 6. The minimum Gasteiger partial charge on any atom is -0.384 e. The summed E-state index contributed by atoms with van der Waals surface area (Å²) in [5.74, 6) is 1.29. The third kappa shape index (κ3) is 3.67. The Morgan fingerprint density at radius 2 is 2.00 bits per heavy atom. The molecule has 1 aliphatic carbocycles. The summed E-state index contributed by atoms with van der Waals surface area (Å²) in [6.07, 6.45) is 3.01. The van der Waals surface area contributed by atoms with Crippen molar-refractivity contribution in [2.75, 3.05) is 31.1 Å². The Hall–Kier alpha value is -1.61. The van der Waals surface area contributed by atoms with Crippen molar-refractivity contribution in [1.82, 2.24) is 15.0 Å². The molecule has 2 atom stereocenters. The lowest BCUT2D eigenvalue weighted by atomic mass is 10.0. The lowest BCUT2D eigenvalue weighted by Crippen LogP contribution is -2.60. The summed E-state index contributed by atoms with van der Waals surface area (Å²) in [7, 11) is -3.11. The smallest absolute Gasteiger partial charge is 0.280 e. The van der Waals surface area contributed by atoms with Gasteiger partial charge in [-0.3, -0.25) is 14.5 Å². The summed E-state index contributed by atoms with van der Waals surface area (Å²) in [6, 6.07) is 1.01. The van der Waals surface area contributed by atoms with Crippen LogP contribution in [-0.2, 0) is 21.1 Å². The number of aryl methyl sites for hydroxylation is 1. The number of carbonyl (C=O) groups is 1. The van der Waals surface area contributed by atoms with E-state index >= 15 is 0 Å². The van der Waals surface area contributed by atoms with Crippen molar-refractivity contribution in [3.8, 4) is 0 Å². The number of aromatic nitrogens is 1. The summed E-state index contributed by atoms with van der Waals surface area (Å²) in [4.78, 5) is 27.7. The van der Waals surface area contributed by atoms with Crippen molar-refractivity contribution in [3.63, 3.8) is 0 Å². The number of hydrogen-bond donors (Lipinski definition) is 1. The fraction of sp³-hybridized carbons (Fsp3) is 0.750. The number of fused-ring (bicyclic) bond motifs is 1. The molecule has 2 saturated heterocycles. The Bertz CT molecular complexity index is 810. The standard InChI is InChI=1S/C16H23N3O5S/c20-15-7-12(24-17-15)3-4-16(21)19-6-5-18(8-11-1-2-11)13-9-25(22,23)10-14(13)19/h7,11,13-14H,1-6,8-10H2,(H,17,20)/t13-,14+/m1/s1. The number of amides is 1. The molecule has 4 rings (SSSR count). The predicted molar refractivity (Wildman–Crippen MR) is 89.9 cm³/mol. The van der Waals surface area contributed by atoms with E-state index in [1.807, 2.05) is 0 Å². The highest BCUT2D eigenvalue weighted by Gasteiger charge is 2.48. The fourth-order valence-electron chi connectivity index (χ4n) is 4.01. The van der Waals surface area contributed by atoms with Crippen molar-refractivity contribution in [2.24, 2.45) is 5.92 Å². The second-order valence-corrected chi connectivity index (χ2v) is 9.57. The van der Waals surface area contributed by atoms with Crippen LogP contribution < -0.4 is 5.56 Å². The van der Waals surface area contributed by atoms with Gasteiger partial charge in [0.25, 0.3) is 5.56 Å². The van der Waals surface area contributed by atoms with Gasteiger partial charge in [0.2, 0.25) is 5.91 Å². The van der Waals surface area contributed by atoms with E-state index < -0.39 is 9.84 Å². The zero-order valence-corrected chi connectivity index (χ0v) is 14.8. The molecular weight excluding hydrogens is 346 g/mol. The number of carbonyl (C=O) groups excluding carboxylic acids is 1. The normalized spacial score (nSPS) is 28.9. The highest BCUT2D eigenvalue weighted by molar-refractivity contribution is 7.91. The second kappa shape index (κ2) is 6.28. The maximum Gasteiger partial charge on any atom is 0.280 e. The molecule has 3 fully saturated rings. The molecule has 8 nitrogen and oxygen atoms in total. The van der Waals surface area contributed by atoms with Crippen molar-refractivity contribution < 1.29 is 17.7 Å². The number of rotatable bonds is 5. The molecule has 3 heterocycles. The van der Waals surface area contributed by atoms with Gasteiger partial charge in [0.15, 0.2) is 9.84 Å². The summed E-state index contributed by atoms with van der Waals surface area (Å²) in [5.41, 5.74) is -0.321. The number of nitrogens with zero attached hydrogens (tertiary/aromatic N) is 2. The summed E-state index contributed by atoms with van der Waals surface area (Å²) < 4.78 is 29.3. The van der Waals surface area contributed by atoms with Crippen LogP contribution in [0.3, 0.4) is 0 Å². The molecule has 25 heavy (non-hydrogen) atoms. The van der Waals surface area contributed by atoms with E-state index in [4.69, 9.17) is 4.52 Å². The zero-order valence-electron chi connectivity index (χ0n) is 14.0. The molecule has 0 aromatic carbocycles. The molecule has 1 saturated carbocycles. The molecule has 1 amide bonds. The van der Waals surface area contributed by atoms with Crippen molar-refractivity contribution in [1.29, 1.82) is 0 Å². The van der Waals surface area contributed by atoms with Crippen LogP contribution in [-0.4, -0.2) is 72.5 Å². The Labute approximate surface area is 146 Å². The highest BCUT2D eigenvalue weighted by Crippen LogP contribution is 2.34. The van der Waals surface area contributed by atoms with E-state index in [0.29, 0.717) is 24.6 Å². The average Bonchev–Trinajstić information content (AvgIpc) is 3.17. The predicted octanol–water partition coefficient (Wildman–Crippen LogP) is -0.380. The molecule has 0 radical (unpaired) electrons. The van der Waals surface area contributed by atoms with Crippen LogP contribution in [0.25, 0.3) is 0 Å². The Morgan fingerprint density at radius 1 is 1.24 bits per heavy atom. The minimum absolute atomic E-state index is 0.0593. The fourth-order valence-corrected chi connectivity index (χ4v) is 6.02. The monoisotopic (exact) mass is 369 g/mol. The van der Waals surface area contributed by atoms with Crippen LogP contribution in [0.1, 0.15) is 25.0 Å². The number of aromatic amines is 1. The van der Waals surface area contributed by atoms with Crippen LogP contribution in [0, 0.1) is 5.92 Å². The Morgan fingerprint density at radius 3 is 2.68 bits per heavy atom. The first-order valence-corrected chi connectivity index (χ1v) is 10.6. The van der Waals surface area contributed by atoms with Crippen molar-refractivity contribution in [3.05, 3.63) is 22.2 Å². The Kier molecular flexibility index (Phi) is 4.23. The zero-order chi connectivity index (χ0) is 17.6. The van der Waals surface area contributed by atoms with E-state index in [1.165, 1.54) is 18.9 Å². The van der Waals surface area contributed by atoms with Gasteiger partial charge < -0.3 is 9.42 Å².